The van der Waals surface area contributed by atoms with Gasteiger partial charge in [-0.25, -0.2) is 4.98 Å². The fourth-order valence-electron chi connectivity index (χ4n) is 0.868. The second-order valence-corrected chi connectivity index (χ2v) is 3.69. The minimum Gasteiger partial charge on any atom is -0.387 e. The first-order chi connectivity index (χ1) is 6.15. The van der Waals surface area contributed by atoms with E-state index in [0.717, 1.165) is 4.47 Å². The molecule has 1 heterocycles. The zero-order chi connectivity index (χ0) is 9.84. The normalized spacial score (nSPS) is 12.2. The van der Waals surface area contributed by atoms with Crippen molar-refractivity contribution in [3.63, 3.8) is 0 Å². The van der Waals surface area contributed by atoms with Crippen LogP contribution >= 0.6 is 27.5 Å². The number of nitrogens with zero attached hydrogens (tertiary/aromatic N) is 2. The summed E-state index contributed by atoms with van der Waals surface area (Å²) in [6, 6.07) is 3.51. The Morgan fingerprint density at radius 2 is 2.46 bits per heavy atom. The van der Waals surface area contributed by atoms with Crippen molar-refractivity contribution in [3.05, 3.63) is 27.5 Å². The molecule has 0 radical (unpaired) electrons. The maximum absolute atomic E-state index is 9.46. The Hall–Kier alpha value is -0.630. The Morgan fingerprint density at radius 1 is 1.77 bits per heavy atom. The van der Waals surface area contributed by atoms with E-state index in [9.17, 15) is 5.11 Å². The van der Waals surface area contributed by atoms with Crippen LogP contribution in [0.15, 0.2) is 16.7 Å². The van der Waals surface area contributed by atoms with Crippen LogP contribution in [0.3, 0.4) is 0 Å². The highest BCUT2D eigenvalue weighted by molar-refractivity contribution is 9.10. The van der Waals surface area contributed by atoms with E-state index in [1.54, 1.807) is 6.07 Å². The number of hydrogen-bond donors (Lipinski definition) is 1. The highest BCUT2D eigenvalue weighted by atomic mass is 79.9. The lowest BCUT2D eigenvalue weighted by molar-refractivity contribution is 0.183. The van der Waals surface area contributed by atoms with E-state index in [1.165, 1.54) is 6.20 Å². The number of halogens is 2. The SMILES string of the molecule is N#CCC(O)c1cc(Br)cnc1Cl. The first kappa shape index (κ1) is 10.5. The van der Waals surface area contributed by atoms with Crippen LogP contribution in [0.1, 0.15) is 18.1 Å². The van der Waals surface area contributed by atoms with Gasteiger partial charge in [0.25, 0.3) is 0 Å². The van der Waals surface area contributed by atoms with Gasteiger partial charge in [-0.05, 0) is 22.0 Å². The summed E-state index contributed by atoms with van der Waals surface area (Å²) in [5.41, 5.74) is 0.470. The van der Waals surface area contributed by atoms with Crippen LogP contribution in [0.5, 0.6) is 0 Å². The second-order valence-electron chi connectivity index (χ2n) is 2.41. The number of nitriles is 1. The van der Waals surface area contributed by atoms with Crippen molar-refractivity contribution in [2.45, 2.75) is 12.5 Å². The zero-order valence-electron chi connectivity index (χ0n) is 6.54. The fourth-order valence-corrected chi connectivity index (χ4v) is 1.45. The van der Waals surface area contributed by atoms with Gasteiger partial charge in [-0.3, -0.25) is 0 Å². The molecule has 0 aliphatic carbocycles. The molecular formula is C8H6BrClN2O. The molecule has 1 aromatic rings. The summed E-state index contributed by atoms with van der Waals surface area (Å²) >= 11 is 8.93. The fraction of sp³-hybridized carbons (Fsp3) is 0.250. The average Bonchev–Trinajstić information content (AvgIpc) is 2.09. The Balaban J connectivity index is 3.00. The highest BCUT2D eigenvalue weighted by Gasteiger charge is 2.12. The standard InChI is InChI=1S/C8H6BrClN2O/c9-5-3-6(7(13)1-2-11)8(10)12-4-5/h3-4,7,13H,1H2. The largest absolute Gasteiger partial charge is 0.387 e. The summed E-state index contributed by atoms with van der Waals surface area (Å²) in [6.07, 6.45) is 0.672. The molecular weight excluding hydrogens is 255 g/mol. The molecule has 0 aliphatic rings. The number of aliphatic hydroxyl groups excluding tert-OH is 1. The van der Waals surface area contributed by atoms with Crippen LogP contribution in [0.25, 0.3) is 0 Å². The average molecular weight is 262 g/mol. The van der Waals surface area contributed by atoms with Crippen LogP contribution < -0.4 is 0 Å². The Bertz CT molecular complexity index is 350. The highest BCUT2D eigenvalue weighted by Crippen LogP contribution is 2.25. The molecule has 1 N–H and O–H groups in total. The van der Waals surface area contributed by atoms with Gasteiger partial charge >= 0.3 is 0 Å². The minimum atomic E-state index is -0.873. The summed E-state index contributed by atoms with van der Waals surface area (Å²) < 4.78 is 0.726. The van der Waals surface area contributed by atoms with Gasteiger partial charge in [0.05, 0.1) is 18.6 Å². The minimum absolute atomic E-state index is 0.0118. The molecule has 68 valence electrons. The third-order valence-corrected chi connectivity index (χ3v) is 2.23. The molecule has 1 aromatic heterocycles. The van der Waals surface area contributed by atoms with Gasteiger partial charge in [0.1, 0.15) is 5.15 Å². The lowest BCUT2D eigenvalue weighted by atomic mass is 10.1. The molecule has 13 heavy (non-hydrogen) atoms. The van der Waals surface area contributed by atoms with Gasteiger partial charge < -0.3 is 5.11 Å². The number of aliphatic hydroxyl groups is 1. The number of hydrogen-bond acceptors (Lipinski definition) is 3. The molecule has 0 bridgehead atoms. The van der Waals surface area contributed by atoms with Gasteiger partial charge in [-0.2, -0.15) is 5.26 Å². The maximum Gasteiger partial charge on any atom is 0.134 e. The Morgan fingerprint density at radius 3 is 3.08 bits per heavy atom. The number of aromatic nitrogens is 1. The van der Waals surface area contributed by atoms with Crippen molar-refractivity contribution in [1.29, 1.82) is 5.26 Å². The van der Waals surface area contributed by atoms with Crippen LogP contribution in [0, 0.1) is 11.3 Å². The van der Waals surface area contributed by atoms with Crippen molar-refractivity contribution in [3.8, 4) is 6.07 Å². The molecule has 0 amide bonds. The van der Waals surface area contributed by atoms with Crippen LogP contribution in [-0.4, -0.2) is 10.1 Å². The third kappa shape index (κ3) is 2.66. The van der Waals surface area contributed by atoms with Crippen LogP contribution in [0.2, 0.25) is 5.15 Å². The molecule has 1 rings (SSSR count). The molecule has 1 unspecified atom stereocenters. The molecule has 0 aromatic carbocycles. The van der Waals surface area contributed by atoms with E-state index in [1.807, 2.05) is 6.07 Å². The first-order valence-corrected chi connectivity index (χ1v) is 4.68. The maximum atomic E-state index is 9.46. The molecule has 0 spiro atoms. The molecule has 5 heteroatoms. The summed E-state index contributed by atoms with van der Waals surface area (Å²) in [5, 5.41) is 18.1. The summed E-state index contributed by atoms with van der Waals surface area (Å²) in [6.45, 7) is 0. The van der Waals surface area contributed by atoms with Crippen molar-refractivity contribution in [2.75, 3.05) is 0 Å². The summed E-state index contributed by atoms with van der Waals surface area (Å²) in [4.78, 5) is 3.83. The van der Waals surface area contributed by atoms with E-state index in [4.69, 9.17) is 16.9 Å². The van der Waals surface area contributed by atoms with Gasteiger partial charge in [0.2, 0.25) is 0 Å². The lowest BCUT2D eigenvalue weighted by Gasteiger charge is -2.08. The Labute approximate surface area is 89.1 Å². The topological polar surface area (TPSA) is 56.9 Å². The quantitative estimate of drug-likeness (QED) is 0.832. The summed E-state index contributed by atoms with van der Waals surface area (Å²) in [5.74, 6) is 0. The van der Waals surface area contributed by atoms with Crippen molar-refractivity contribution < 1.29 is 5.11 Å². The second kappa shape index (κ2) is 4.56. The van der Waals surface area contributed by atoms with Crippen LogP contribution in [-0.2, 0) is 0 Å². The number of rotatable bonds is 2. The van der Waals surface area contributed by atoms with Crippen molar-refractivity contribution in [2.24, 2.45) is 0 Å². The van der Waals surface area contributed by atoms with E-state index in [2.05, 4.69) is 20.9 Å². The smallest absolute Gasteiger partial charge is 0.134 e. The van der Waals surface area contributed by atoms with Gasteiger partial charge in [0, 0.05) is 16.2 Å². The van der Waals surface area contributed by atoms with E-state index in [-0.39, 0.29) is 11.6 Å². The van der Waals surface area contributed by atoms with Gasteiger partial charge in [-0.15, -0.1) is 0 Å². The third-order valence-electron chi connectivity index (χ3n) is 1.48. The molecule has 3 nitrogen and oxygen atoms in total. The van der Waals surface area contributed by atoms with Crippen LogP contribution in [0.4, 0.5) is 0 Å². The van der Waals surface area contributed by atoms with Crippen molar-refractivity contribution >= 4 is 27.5 Å². The number of pyridine rings is 1. The molecule has 0 fully saturated rings. The van der Waals surface area contributed by atoms with Gasteiger partial charge in [-0.1, -0.05) is 11.6 Å². The molecule has 1 atom stereocenters. The van der Waals surface area contributed by atoms with E-state index < -0.39 is 6.10 Å². The van der Waals surface area contributed by atoms with E-state index >= 15 is 0 Å². The monoisotopic (exact) mass is 260 g/mol. The van der Waals surface area contributed by atoms with Gasteiger partial charge in [0.15, 0.2) is 0 Å². The molecule has 0 saturated heterocycles. The van der Waals surface area contributed by atoms with E-state index in [0.29, 0.717) is 5.56 Å². The first-order valence-electron chi connectivity index (χ1n) is 3.51. The zero-order valence-corrected chi connectivity index (χ0v) is 8.88. The molecule has 0 aliphatic heterocycles. The predicted octanol–water partition coefficient (Wildman–Crippen LogP) is 2.44. The Kier molecular flexibility index (Phi) is 3.67. The molecule has 0 saturated carbocycles. The summed E-state index contributed by atoms with van der Waals surface area (Å²) in [7, 11) is 0. The lowest BCUT2D eigenvalue weighted by Crippen LogP contribution is -1.98. The van der Waals surface area contributed by atoms with Crippen molar-refractivity contribution in [1.82, 2.24) is 4.98 Å². The predicted molar refractivity (Wildman–Crippen MR) is 52.1 cm³/mol.